The molecule has 1 aromatic rings. The van der Waals surface area contributed by atoms with E-state index in [2.05, 4.69) is 41.1 Å². The largest absolute Gasteiger partial charge is 0.378 e. The van der Waals surface area contributed by atoms with Gasteiger partial charge < -0.3 is 26.0 Å². The number of allylic oxidation sites excluding steroid dienone is 2. The van der Waals surface area contributed by atoms with Crippen LogP contribution in [0.1, 0.15) is 57.9 Å². The van der Waals surface area contributed by atoms with E-state index in [0.717, 1.165) is 54.0 Å². The van der Waals surface area contributed by atoms with Crippen LogP contribution in [0, 0.1) is 0 Å². The van der Waals surface area contributed by atoms with Crippen molar-refractivity contribution in [2.24, 2.45) is 0 Å². The number of rotatable bonds is 11. The number of unbranched alkanes of at least 4 members (excludes halogenated alkanes) is 1. The predicted molar refractivity (Wildman–Crippen MR) is 117 cm³/mol. The minimum atomic E-state index is -1.25. The Morgan fingerprint density at radius 2 is 1.69 bits per heavy atom. The van der Waals surface area contributed by atoms with Crippen LogP contribution >= 0.6 is 0 Å². The molecule has 6 N–H and O–H groups in total. The summed E-state index contributed by atoms with van der Waals surface area (Å²) in [7, 11) is 0. The monoisotopic (exact) mass is 401 g/mol. The second-order valence-corrected chi connectivity index (χ2v) is 7.15. The van der Waals surface area contributed by atoms with Crippen LogP contribution in [0.4, 0.5) is 0 Å². The Morgan fingerprint density at radius 3 is 2.34 bits per heavy atom. The van der Waals surface area contributed by atoms with E-state index in [1.54, 1.807) is 0 Å². The number of hydrogen-bond acceptors (Lipinski definition) is 6. The summed E-state index contributed by atoms with van der Waals surface area (Å²) < 4.78 is 0. The van der Waals surface area contributed by atoms with Gasteiger partial charge in [-0.1, -0.05) is 56.3 Å². The minimum absolute atomic E-state index is 0.375. The van der Waals surface area contributed by atoms with E-state index in [1.807, 2.05) is 31.2 Å². The molecule has 1 heterocycles. The van der Waals surface area contributed by atoms with E-state index >= 15 is 0 Å². The molecule has 1 atom stereocenters. The van der Waals surface area contributed by atoms with Crippen LogP contribution < -0.4 is 16.0 Å². The number of aliphatic hydroxyl groups is 3. The first-order valence-corrected chi connectivity index (χ1v) is 10.6. The van der Waals surface area contributed by atoms with Gasteiger partial charge in [0.25, 0.3) is 0 Å². The maximum absolute atomic E-state index is 10.0. The fourth-order valence-corrected chi connectivity index (χ4v) is 3.31. The Morgan fingerprint density at radius 1 is 0.966 bits per heavy atom. The normalized spacial score (nSPS) is 18.3. The molecule has 6 nitrogen and oxygen atoms in total. The molecule has 0 radical (unpaired) electrons. The molecule has 0 aliphatic carbocycles. The third-order valence-electron chi connectivity index (χ3n) is 4.73. The highest BCUT2D eigenvalue weighted by Crippen LogP contribution is 2.27. The smallest absolute Gasteiger partial charge is 0.151 e. The standard InChI is InChI=1S/C23H35N3O3/c1-3-10-18-19(15-16-21(27)24-4-2)25-20(13-8-9-14-22(28)29)23(26-18)17-11-6-5-7-12-17/h5-7,10-12,15,21-22,24-29H,3-4,8-9,13-14,16H2,1-2H3/b18-10+,19-15+. The van der Waals surface area contributed by atoms with Gasteiger partial charge >= 0.3 is 0 Å². The van der Waals surface area contributed by atoms with E-state index in [9.17, 15) is 5.11 Å². The first-order chi connectivity index (χ1) is 14.0. The fraction of sp³-hybridized carbons (Fsp3) is 0.478. The third-order valence-corrected chi connectivity index (χ3v) is 4.73. The molecule has 0 fully saturated rings. The highest BCUT2D eigenvalue weighted by Gasteiger charge is 2.20. The molecule has 0 saturated heterocycles. The summed E-state index contributed by atoms with van der Waals surface area (Å²) in [6.45, 7) is 4.78. The number of hydrogen-bond donors (Lipinski definition) is 6. The van der Waals surface area contributed by atoms with Crippen LogP contribution in [0.2, 0.25) is 0 Å². The maximum Gasteiger partial charge on any atom is 0.151 e. The summed E-state index contributed by atoms with van der Waals surface area (Å²) in [5.74, 6) is 0. The Kier molecular flexibility index (Phi) is 9.94. The van der Waals surface area contributed by atoms with E-state index in [4.69, 9.17) is 10.2 Å². The Labute approximate surface area is 174 Å². The van der Waals surface area contributed by atoms with Crippen LogP contribution in [-0.4, -0.2) is 34.4 Å². The number of nitrogens with one attached hydrogen (secondary N) is 3. The Hall–Kier alpha value is -2.12. The van der Waals surface area contributed by atoms with Crippen LogP contribution in [0.5, 0.6) is 0 Å². The summed E-state index contributed by atoms with van der Waals surface area (Å²) >= 11 is 0. The van der Waals surface area contributed by atoms with Crippen LogP contribution in [0.25, 0.3) is 5.70 Å². The summed E-state index contributed by atoms with van der Waals surface area (Å²) in [4.78, 5) is 0. The summed E-state index contributed by atoms with van der Waals surface area (Å²) in [5, 5.41) is 38.4. The first kappa shape index (κ1) is 23.2. The quantitative estimate of drug-likeness (QED) is 0.252. The van der Waals surface area contributed by atoms with Gasteiger partial charge in [0.2, 0.25) is 0 Å². The zero-order valence-corrected chi connectivity index (χ0v) is 17.5. The van der Waals surface area contributed by atoms with E-state index in [1.165, 1.54) is 0 Å². The van der Waals surface area contributed by atoms with Gasteiger partial charge in [-0.15, -0.1) is 0 Å². The van der Waals surface area contributed by atoms with Gasteiger partial charge in [-0.3, -0.25) is 5.32 Å². The maximum atomic E-state index is 10.0. The van der Waals surface area contributed by atoms with Crippen molar-refractivity contribution in [2.45, 2.75) is 64.9 Å². The van der Waals surface area contributed by atoms with Gasteiger partial charge in [-0.2, -0.15) is 0 Å². The second kappa shape index (κ2) is 12.4. The lowest BCUT2D eigenvalue weighted by Gasteiger charge is -2.29. The van der Waals surface area contributed by atoms with Crippen LogP contribution in [0.3, 0.4) is 0 Å². The molecule has 6 heteroatoms. The van der Waals surface area contributed by atoms with Crippen molar-refractivity contribution in [1.29, 1.82) is 0 Å². The Balaban J connectivity index is 2.27. The van der Waals surface area contributed by atoms with E-state index in [0.29, 0.717) is 19.4 Å². The zero-order valence-electron chi connectivity index (χ0n) is 17.5. The predicted octanol–water partition coefficient (Wildman–Crippen LogP) is 2.91. The van der Waals surface area contributed by atoms with Gasteiger partial charge in [0, 0.05) is 12.1 Å². The molecule has 0 amide bonds. The van der Waals surface area contributed by atoms with Crippen molar-refractivity contribution in [1.82, 2.24) is 16.0 Å². The minimum Gasteiger partial charge on any atom is -0.378 e. The van der Waals surface area contributed by atoms with Crippen molar-refractivity contribution >= 4 is 5.70 Å². The molecular weight excluding hydrogens is 366 g/mol. The van der Waals surface area contributed by atoms with Crippen molar-refractivity contribution in [3.8, 4) is 0 Å². The van der Waals surface area contributed by atoms with Gasteiger partial charge in [0.1, 0.15) is 6.23 Å². The highest BCUT2D eigenvalue weighted by molar-refractivity contribution is 5.71. The second-order valence-electron chi connectivity index (χ2n) is 7.15. The van der Waals surface area contributed by atoms with Crippen molar-refractivity contribution in [3.05, 3.63) is 65.1 Å². The molecule has 2 rings (SSSR count). The van der Waals surface area contributed by atoms with Crippen molar-refractivity contribution < 1.29 is 15.3 Å². The molecule has 29 heavy (non-hydrogen) atoms. The topological polar surface area (TPSA) is 96.8 Å². The lowest BCUT2D eigenvalue weighted by molar-refractivity contribution is -0.0465. The lowest BCUT2D eigenvalue weighted by Crippen LogP contribution is -2.32. The molecule has 1 aliphatic heterocycles. The molecule has 1 aromatic carbocycles. The van der Waals surface area contributed by atoms with Crippen LogP contribution in [-0.2, 0) is 0 Å². The van der Waals surface area contributed by atoms with Crippen molar-refractivity contribution in [3.63, 3.8) is 0 Å². The van der Waals surface area contributed by atoms with Crippen LogP contribution in [0.15, 0.2) is 59.6 Å². The molecular formula is C23H35N3O3. The van der Waals surface area contributed by atoms with Gasteiger partial charge in [0.05, 0.1) is 17.1 Å². The Bertz CT molecular complexity index is 711. The zero-order chi connectivity index (χ0) is 21.1. The van der Waals surface area contributed by atoms with Gasteiger partial charge in [0.15, 0.2) is 6.29 Å². The summed E-state index contributed by atoms with van der Waals surface area (Å²) in [6.07, 6.45) is 6.46. The SMILES string of the molecule is CC/C=C1/NC(c2ccccc2)=C(CCCCC(O)O)N/C1=C/CC(O)NCC. The number of aliphatic hydroxyl groups excluding tert-OH is 2. The average Bonchev–Trinajstić information content (AvgIpc) is 2.71. The molecule has 0 saturated carbocycles. The molecule has 0 aromatic heterocycles. The lowest BCUT2D eigenvalue weighted by atomic mass is 10.0. The average molecular weight is 402 g/mol. The fourth-order valence-electron chi connectivity index (χ4n) is 3.31. The van der Waals surface area contributed by atoms with Gasteiger partial charge in [-0.25, -0.2) is 0 Å². The highest BCUT2D eigenvalue weighted by atomic mass is 16.5. The molecule has 160 valence electrons. The number of benzene rings is 1. The summed E-state index contributed by atoms with van der Waals surface area (Å²) in [5.41, 5.74) is 5.18. The van der Waals surface area contributed by atoms with E-state index in [-0.39, 0.29) is 0 Å². The van der Waals surface area contributed by atoms with E-state index < -0.39 is 12.5 Å². The van der Waals surface area contributed by atoms with Crippen molar-refractivity contribution in [2.75, 3.05) is 6.54 Å². The summed E-state index contributed by atoms with van der Waals surface area (Å²) in [6, 6.07) is 10.2. The first-order valence-electron chi connectivity index (χ1n) is 10.6. The molecule has 0 spiro atoms. The molecule has 1 aliphatic rings. The van der Waals surface area contributed by atoms with Gasteiger partial charge in [-0.05, 0) is 44.2 Å². The molecule has 1 unspecified atom stereocenters. The third kappa shape index (κ3) is 7.66. The molecule has 0 bridgehead atoms.